The summed E-state index contributed by atoms with van der Waals surface area (Å²) in [5, 5.41) is 6.50. The van der Waals surface area contributed by atoms with Gasteiger partial charge in [0, 0.05) is 12.5 Å². The molecule has 1 unspecified atom stereocenters. The number of carbonyl (C=O) groups is 1. The van der Waals surface area contributed by atoms with Crippen LogP contribution >= 0.6 is 0 Å². The highest BCUT2D eigenvalue weighted by Gasteiger charge is 2.17. The monoisotopic (exact) mass is 246 g/mol. The molecular formula is C15H22N2O. The number of carbonyl (C=O) groups excluding carboxylic acids is 1. The van der Waals surface area contributed by atoms with Gasteiger partial charge < -0.3 is 10.6 Å². The first-order valence-corrected chi connectivity index (χ1v) is 6.89. The minimum atomic E-state index is 0.116. The summed E-state index contributed by atoms with van der Waals surface area (Å²) in [6, 6.07) is 6.61. The minimum Gasteiger partial charge on any atom is -0.381 e. The van der Waals surface area contributed by atoms with Crippen LogP contribution < -0.4 is 10.6 Å². The molecule has 0 radical (unpaired) electrons. The molecular weight excluding hydrogens is 224 g/mol. The van der Waals surface area contributed by atoms with E-state index in [0.29, 0.717) is 12.5 Å². The van der Waals surface area contributed by atoms with E-state index in [1.54, 1.807) is 0 Å². The lowest BCUT2D eigenvalue weighted by Gasteiger charge is -2.26. The first-order valence-electron chi connectivity index (χ1n) is 6.89. The summed E-state index contributed by atoms with van der Waals surface area (Å²) < 4.78 is 0. The molecule has 0 fully saturated rings. The Morgan fingerprint density at radius 3 is 3.11 bits per heavy atom. The largest absolute Gasteiger partial charge is 0.381 e. The van der Waals surface area contributed by atoms with Gasteiger partial charge in [0.25, 0.3) is 0 Å². The molecule has 0 aliphatic carbocycles. The zero-order chi connectivity index (χ0) is 13.0. The third-order valence-corrected chi connectivity index (χ3v) is 3.42. The van der Waals surface area contributed by atoms with Gasteiger partial charge >= 0.3 is 0 Å². The van der Waals surface area contributed by atoms with Crippen molar-refractivity contribution >= 4 is 17.3 Å². The summed E-state index contributed by atoms with van der Waals surface area (Å²) in [6.07, 6.45) is 4.85. The zero-order valence-corrected chi connectivity index (χ0v) is 11.3. The summed E-state index contributed by atoms with van der Waals surface area (Å²) in [5.74, 6) is 0.116. The van der Waals surface area contributed by atoms with Gasteiger partial charge in [0.05, 0.1) is 11.4 Å². The van der Waals surface area contributed by atoms with Crippen molar-refractivity contribution < 1.29 is 4.79 Å². The molecule has 0 spiro atoms. The van der Waals surface area contributed by atoms with E-state index < -0.39 is 0 Å². The number of nitrogens with one attached hydrogen (secondary N) is 2. The van der Waals surface area contributed by atoms with Gasteiger partial charge in [-0.05, 0) is 37.8 Å². The second kappa shape index (κ2) is 5.89. The maximum atomic E-state index is 11.8. The lowest BCUT2D eigenvalue weighted by atomic mass is 9.98. The first kappa shape index (κ1) is 12.9. The van der Waals surface area contributed by atoms with Gasteiger partial charge in [-0.2, -0.15) is 0 Å². The molecule has 2 N–H and O–H groups in total. The number of amides is 1. The van der Waals surface area contributed by atoms with Crippen LogP contribution in [0.1, 0.15) is 45.1 Å². The number of unbranched alkanes of at least 4 members (excludes halogenated alkanes) is 1. The van der Waals surface area contributed by atoms with Crippen LogP contribution in [0, 0.1) is 0 Å². The van der Waals surface area contributed by atoms with Crippen LogP contribution in [-0.4, -0.2) is 11.9 Å². The standard InChI is InChI=1S/C15H22N2O/c1-3-4-8-14(18)17-13-7-5-6-12-10-9-11(2)16-15(12)13/h5-7,11,16H,3-4,8-10H2,1-2H3,(H,17,18). The van der Waals surface area contributed by atoms with Crippen molar-refractivity contribution in [1.29, 1.82) is 0 Å². The Kier molecular flexibility index (Phi) is 4.24. The Morgan fingerprint density at radius 1 is 1.50 bits per heavy atom. The Labute approximate surface area is 109 Å². The predicted octanol–water partition coefficient (Wildman–Crippen LogP) is 3.56. The number of rotatable bonds is 4. The van der Waals surface area contributed by atoms with Crippen LogP contribution in [0.15, 0.2) is 18.2 Å². The highest BCUT2D eigenvalue weighted by atomic mass is 16.1. The molecule has 18 heavy (non-hydrogen) atoms. The quantitative estimate of drug-likeness (QED) is 0.852. The second-order valence-corrected chi connectivity index (χ2v) is 5.08. The average Bonchev–Trinajstić information content (AvgIpc) is 2.37. The summed E-state index contributed by atoms with van der Waals surface area (Å²) in [6.45, 7) is 4.28. The minimum absolute atomic E-state index is 0.116. The van der Waals surface area contributed by atoms with Crippen LogP contribution in [0.25, 0.3) is 0 Å². The van der Waals surface area contributed by atoms with Crippen molar-refractivity contribution in [2.75, 3.05) is 10.6 Å². The maximum absolute atomic E-state index is 11.8. The van der Waals surface area contributed by atoms with Crippen LogP contribution in [0.5, 0.6) is 0 Å². The number of benzene rings is 1. The van der Waals surface area contributed by atoms with E-state index in [0.717, 1.165) is 37.1 Å². The summed E-state index contributed by atoms with van der Waals surface area (Å²) >= 11 is 0. The molecule has 0 saturated carbocycles. The molecule has 1 aromatic carbocycles. The Morgan fingerprint density at radius 2 is 2.33 bits per heavy atom. The van der Waals surface area contributed by atoms with Crippen molar-refractivity contribution in [3.8, 4) is 0 Å². The molecule has 0 bridgehead atoms. The fourth-order valence-corrected chi connectivity index (χ4v) is 2.32. The van der Waals surface area contributed by atoms with Crippen molar-refractivity contribution in [2.24, 2.45) is 0 Å². The molecule has 1 aromatic rings. The molecule has 3 heteroatoms. The van der Waals surface area contributed by atoms with Crippen molar-refractivity contribution in [1.82, 2.24) is 0 Å². The number of hydrogen-bond acceptors (Lipinski definition) is 2. The summed E-state index contributed by atoms with van der Waals surface area (Å²) in [4.78, 5) is 11.8. The molecule has 0 saturated heterocycles. The Bertz CT molecular complexity index is 429. The number of para-hydroxylation sites is 1. The second-order valence-electron chi connectivity index (χ2n) is 5.08. The Balaban J connectivity index is 2.11. The van der Waals surface area contributed by atoms with Crippen molar-refractivity contribution in [2.45, 2.75) is 52.0 Å². The molecule has 1 atom stereocenters. The van der Waals surface area contributed by atoms with E-state index >= 15 is 0 Å². The highest BCUT2D eigenvalue weighted by Crippen LogP contribution is 2.32. The van der Waals surface area contributed by atoms with E-state index in [2.05, 4.69) is 30.5 Å². The van der Waals surface area contributed by atoms with Gasteiger partial charge in [-0.15, -0.1) is 0 Å². The molecule has 3 nitrogen and oxygen atoms in total. The predicted molar refractivity (Wildman–Crippen MR) is 76.0 cm³/mol. The Hall–Kier alpha value is -1.51. The fraction of sp³-hybridized carbons (Fsp3) is 0.533. The van der Waals surface area contributed by atoms with Gasteiger partial charge in [0.1, 0.15) is 0 Å². The van der Waals surface area contributed by atoms with Crippen molar-refractivity contribution in [3.05, 3.63) is 23.8 Å². The summed E-state index contributed by atoms with van der Waals surface area (Å²) in [5.41, 5.74) is 3.35. The van der Waals surface area contributed by atoms with E-state index in [4.69, 9.17) is 0 Å². The van der Waals surface area contributed by atoms with Gasteiger partial charge in [-0.25, -0.2) is 0 Å². The summed E-state index contributed by atoms with van der Waals surface area (Å²) in [7, 11) is 0. The van der Waals surface area contributed by atoms with E-state index in [9.17, 15) is 4.79 Å². The van der Waals surface area contributed by atoms with Crippen LogP contribution in [0.3, 0.4) is 0 Å². The molecule has 98 valence electrons. The molecule has 1 aliphatic heterocycles. The third-order valence-electron chi connectivity index (χ3n) is 3.42. The first-order chi connectivity index (χ1) is 8.70. The van der Waals surface area contributed by atoms with Gasteiger partial charge in [-0.3, -0.25) is 4.79 Å². The van der Waals surface area contributed by atoms with Crippen LogP contribution in [0.2, 0.25) is 0 Å². The molecule has 1 amide bonds. The topological polar surface area (TPSA) is 41.1 Å². The van der Waals surface area contributed by atoms with Gasteiger partial charge in [0.2, 0.25) is 5.91 Å². The van der Waals surface area contributed by atoms with E-state index in [1.165, 1.54) is 5.56 Å². The van der Waals surface area contributed by atoms with E-state index in [1.807, 2.05) is 12.1 Å². The lowest BCUT2D eigenvalue weighted by Crippen LogP contribution is -2.24. The normalized spacial score (nSPS) is 17.8. The number of aryl methyl sites for hydroxylation is 1. The number of fused-ring (bicyclic) bond motifs is 1. The van der Waals surface area contributed by atoms with E-state index in [-0.39, 0.29) is 5.91 Å². The number of anilines is 2. The maximum Gasteiger partial charge on any atom is 0.224 e. The van der Waals surface area contributed by atoms with Gasteiger partial charge in [-0.1, -0.05) is 25.5 Å². The molecule has 1 aliphatic rings. The molecule has 0 aromatic heterocycles. The van der Waals surface area contributed by atoms with Crippen LogP contribution in [0.4, 0.5) is 11.4 Å². The highest BCUT2D eigenvalue weighted by molar-refractivity contribution is 5.95. The zero-order valence-electron chi connectivity index (χ0n) is 11.3. The fourth-order valence-electron chi connectivity index (χ4n) is 2.32. The molecule has 1 heterocycles. The van der Waals surface area contributed by atoms with Gasteiger partial charge in [0.15, 0.2) is 0 Å². The third kappa shape index (κ3) is 3.03. The molecule has 2 rings (SSSR count). The smallest absolute Gasteiger partial charge is 0.224 e. The SMILES string of the molecule is CCCCC(=O)Nc1cccc2c1NC(C)CC2. The van der Waals surface area contributed by atoms with Crippen molar-refractivity contribution in [3.63, 3.8) is 0 Å². The van der Waals surface area contributed by atoms with Crippen LogP contribution in [-0.2, 0) is 11.2 Å². The average molecular weight is 246 g/mol. The lowest BCUT2D eigenvalue weighted by molar-refractivity contribution is -0.116. The number of hydrogen-bond donors (Lipinski definition) is 2.